The topological polar surface area (TPSA) is 58.6 Å². The Hall–Kier alpha value is -2.24. The Labute approximate surface area is 162 Å². The van der Waals surface area contributed by atoms with Gasteiger partial charge in [-0.2, -0.15) is 0 Å². The molecule has 138 valence electrons. The number of hydrogen-bond donors (Lipinski definition) is 1. The van der Waals surface area contributed by atoms with Gasteiger partial charge in [-0.1, -0.05) is 47.5 Å². The van der Waals surface area contributed by atoms with Crippen LogP contribution in [0.5, 0.6) is 5.75 Å². The van der Waals surface area contributed by atoms with Crippen molar-refractivity contribution in [2.45, 2.75) is 19.5 Å². The van der Waals surface area contributed by atoms with E-state index in [1.807, 2.05) is 18.2 Å². The first-order valence-electron chi connectivity index (χ1n) is 8.05. The number of likely N-dealkylation sites (N-methyl/N-ethyl adjacent to an activating group) is 1. The van der Waals surface area contributed by atoms with Crippen LogP contribution in [0.15, 0.2) is 48.5 Å². The molecule has 0 saturated carbocycles. The van der Waals surface area contributed by atoms with E-state index < -0.39 is 6.04 Å². The van der Waals surface area contributed by atoms with Gasteiger partial charge in [0.05, 0.1) is 0 Å². The quantitative estimate of drug-likeness (QED) is 0.780. The molecule has 1 unspecified atom stereocenters. The summed E-state index contributed by atoms with van der Waals surface area (Å²) < 4.78 is 5.52. The van der Waals surface area contributed by atoms with Crippen LogP contribution in [0.25, 0.3) is 0 Å². The lowest BCUT2D eigenvalue weighted by molar-refractivity contribution is -0.142. The first-order valence-corrected chi connectivity index (χ1v) is 8.80. The summed E-state index contributed by atoms with van der Waals surface area (Å²) in [6.45, 7) is 1.64. The number of nitrogens with zero attached hydrogens (tertiary/aromatic N) is 1. The van der Waals surface area contributed by atoms with Crippen molar-refractivity contribution in [3.63, 3.8) is 0 Å². The first-order chi connectivity index (χ1) is 12.4. The van der Waals surface area contributed by atoms with Gasteiger partial charge in [-0.15, -0.1) is 0 Å². The monoisotopic (exact) mass is 394 g/mol. The van der Waals surface area contributed by atoms with Crippen molar-refractivity contribution < 1.29 is 14.3 Å². The minimum atomic E-state index is -0.674. The van der Waals surface area contributed by atoms with Gasteiger partial charge >= 0.3 is 0 Å². The lowest BCUT2D eigenvalue weighted by Crippen LogP contribution is -2.48. The van der Waals surface area contributed by atoms with E-state index in [0.29, 0.717) is 15.8 Å². The standard InChI is InChI=1S/C19H20Cl2N2O3/c1-13(19(25)22-2)23(11-14-6-3-4-9-17(14)21)18(24)12-26-16-8-5-7-15(20)10-16/h3-10,13H,11-12H2,1-2H3,(H,22,25). The number of benzene rings is 2. The molecule has 0 aliphatic rings. The molecule has 0 aliphatic heterocycles. The molecule has 1 N–H and O–H groups in total. The Morgan fingerprint density at radius 1 is 1.15 bits per heavy atom. The molecule has 0 spiro atoms. The van der Waals surface area contributed by atoms with Crippen LogP contribution >= 0.6 is 23.2 Å². The van der Waals surface area contributed by atoms with E-state index in [2.05, 4.69) is 5.32 Å². The maximum atomic E-state index is 12.7. The Balaban J connectivity index is 2.15. The molecule has 0 aliphatic carbocycles. The van der Waals surface area contributed by atoms with Crippen LogP contribution in [0.3, 0.4) is 0 Å². The van der Waals surface area contributed by atoms with Gasteiger partial charge in [-0.25, -0.2) is 0 Å². The van der Waals surface area contributed by atoms with Crippen LogP contribution in [0.4, 0.5) is 0 Å². The van der Waals surface area contributed by atoms with Crippen LogP contribution in [-0.2, 0) is 16.1 Å². The van der Waals surface area contributed by atoms with Crippen molar-refractivity contribution in [2.24, 2.45) is 0 Å². The molecule has 2 rings (SSSR count). The number of amides is 2. The Bertz CT molecular complexity index is 783. The average Bonchev–Trinajstić information content (AvgIpc) is 2.64. The highest BCUT2D eigenvalue weighted by Gasteiger charge is 2.26. The molecule has 1 atom stereocenters. The van der Waals surface area contributed by atoms with E-state index >= 15 is 0 Å². The van der Waals surface area contributed by atoms with Gasteiger partial charge in [0.1, 0.15) is 11.8 Å². The maximum absolute atomic E-state index is 12.7. The third-order valence-corrected chi connectivity index (χ3v) is 4.47. The predicted octanol–water partition coefficient (Wildman–Crippen LogP) is 3.54. The highest BCUT2D eigenvalue weighted by Crippen LogP contribution is 2.20. The van der Waals surface area contributed by atoms with Crippen LogP contribution in [0.1, 0.15) is 12.5 Å². The van der Waals surface area contributed by atoms with Gasteiger partial charge in [0.15, 0.2) is 6.61 Å². The summed E-state index contributed by atoms with van der Waals surface area (Å²) in [5.74, 6) is -0.120. The summed E-state index contributed by atoms with van der Waals surface area (Å²) in [6, 6.07) is 13.3. The fourth-order valence-electron chi connectivity index (χ4n) is 2.39. The van der Waals surface area contributed by atoms with Gasteiger partial charge < -0.3 is 15.0 Å². The number of ether oxygens (including phenoxy) is 1. The average molecular weight is 395 g/mol. The second-order valence-corrected chi connectivity index (χ2v) is 6.49. The Morgan fingerprint density at radius 3 is 2.54 bits per heavy atom. The van der Waals surface area contributed by atoms with Crippen molar-refractivity contribution in [2.75, 3.05) is 13.7 Å². The van der Waals surface area contributed by atoms with Gasteiger partial charge in [0.25, 0.3) is 5.91 Å². The third-order valence-electron chi connectivity index (χ3n) is 3.87. The summed E-state index contributed by atoms with van der Waals surface area (Å²) in [4.78, 5) is 26.2. The Morgan fingerprint density at radius 2 is 1.88 bits per heavy atom. The SMILES string of the molecule is CNC(=O)C(C)N(Cc1ccccc1Cl)C(=O)COc1cccc(Cl)c1. The van der Waals surface area contributed by atoms with E-state index in [-0.39, 0.29) is 25.0 Å². The van der Waals surface area contributed by atoms with Crippen LogP contribution < -0.4 is 10.1 Å². The van der Waals surface area contributed by atoms with Gasteiger partial charge in [0, 0.05) is 23.6 Å². The molecule has 0 radical (unpaired) electrons. The molecule has 7 heteroatoms. The van der Waals surface area contributed by atoms with E-state index in [1.165, 1.54) is 11.9 Å². The minimum absolute atomic E-state index is 0.200. The fourth-order valence-corrected chi connectivity index (χ4v) is 2.76. The van der Waals surface area contributed by atoms with Gasteiger partial charge in [-0.05, 0) is 36.8 Å². The van der Waals surface area contributed by atoms with E-state index in [9.17, 15) is 9.59 Å². The molecule has 2 aromatic rings. The third kappa shape index (κ3) is 5.38. The zero-order chi connectivity index (χ0) is 19.1. The molecule has 2 amide bonds. The molecule has 5 nitrogen and oxygen atoms in total. The van der Waals surface area contributed by atoms with Crippen molar-refractivity contribution in [1.82, 2.24) is 10.2 Å². The number of carbonyl (C=O) groups is 2. The zero-order valence-electron chi connectivity index (χ0n) is 14.5. The smallest absolute Gasteiger partial charge is 0.261 e. The number of hydrogen-bond acceptors (Lipinski definition) is 3. The second-order valence-electron chi connectivity index (χ2n) is 5.65. The van der Waals surface area contributed by atoms with E-state index in [0.717, 1.165) is 5.56 Å². The van der Waals surface area contributed by atoms with Crippen molar-refractivity contribution in [3.8, 4) is 5.75 Å². The van der Waals surface area contributed by atoms with Gasteiger partial charge in [-0.3, -0.25) is 9.59 Å². The maximum Gasteiger partial charge on any atom is 0.261 e. The molecular weight excluding hydrogens is 375 g/mol. The van der Waals surface area contributed by atoms with Gasteiger partial charge in [0.2, 0.25) is 5.91 Å². The van der Waals surface area contributed by atoms with Crippen LogP contribution in [-0.4, -0.2) is 36.4 Å². The normalized spacial score (nSPS) is 11.5. The number of nitrogens with one attached hydrogen (secondary N) is 1. The van der Waals surface area contributed by atoms with E-state index in [4.69, 9.17) is 27.9 Å². The molecule has 26 heavy (non-hydrogen) atoms. The lowest BCUT2D eigenvalue weighted by atomic mass is 10.1. The van der Waals surface area contributed by atoms with Crippen LogP contribution in [0.2, 0.25) is 10.0 Å². The summed E-state index contributed by atoms with van der Waals surface area (Å²) in [6.07, 6.45) is 0. The molecule has 0 aromatic heterocycles. The molecule has 0 heterocycles. The largest absolute Gasteiger partial charge is 0.484 e. The lowest BCUT2D eigenvalue weighted by Gasteiger charge is -2.28. The number of rotatable bonds is 7. The highest BCUT2D eigenvalue weighted by atomic mass is 35.5. The summed E-state index contributed by atoms with van der Waals surface area (Å²) >= 11 is 12.1. The molecule has 0 bridgehead atoms. The van der Waals surface area contributed by atoms with Crippen molar-refractivity contribution >= 4 is 35.0 Å². The van der Waals surface area contributed by atoms with Crippen molar-refractivity contribution in [3.05, 3.63) is 64.1 Å². The number of halogens is 2. The molecular formula is C19H20Cl2N2O3. The summed E-state index contributed by atoms with van der Waals surface area (Å²) in [7, 11) is 1.53. The van der Waals surface area contributed by atoms with Crippen LogP contribution in [0, 0.1) is 0 Å². The zero-order valence-corrected chi connectivity index (χ0v) is 16.1. The van der Waals surface area contributed by atoms with Crippen molar-refractivity contribution in [1.29, 1.82) is 0 Å². The first kappa shape index (κ1) is 20.1. The molecule has 0 saturated heterocycles. The summed E-state index contributed by atoms with van der Waals surface area (Å²) in [5, 5.41) is 3.61. The highest BCUT2D eigenvalue weighted by molar-refractivity contribution is 6.31. The minimum Gasteiger partial charge on any atom is -0.484 e. The molecule has 2 aromatic carbocycles. The Kier molecular flexibility index (Phi) is 7.30. The number of carbonyl (C=O) groups excluding carboxylic acids is 2. The fraction of sp³-hybridized carbons (Fsp3) is 0.263. The predicted molar refractivity (Wildman–Crippen MR) is 102 cm³/mol. The van der Waals surface area contributed by atoms with E-state index in [1.54, 1.807) is 37.3 Å². The summed E-state index contributed by atoms with van der Waals surface area (Å²) in [5.41, 5.74) is 0.751. The second kappa shape index (κ2) is 9.46. The molecule has 0 fully saturated rings.